The van der Waals surface area contributed by atoms with Gasteiger partial charge in [-0.05, 0) is 73.2 Å². The van der Waals surface area contributed by atoms with Gasteiger partial charge in [-0.25, -0.2) is 14.4 Å². The molecule has 5 nitrogen and oxygen atoms in total. The van der Waals surface area contributed by atoms with Crippen LogP contribution in [-0.4, -0.2) is 19.5 Å². The van der Waals surface area contributed by atoms with Crippen molar-refractivity contribution in [1.29, 1.82) is 0 Å². The summed E-state index contributed by atoms with van der Waals surface area (Å²) in [4.78, 5) is 25.3. The van der Waals surface area contributed by atoms with E-state index in [2.05, 4.69) is 15.0 Å². The predicted molar refractivity (Wildman–Crippen MR) is 130 cm³/mol. The van der Waals surface area contributed by atoms with E-state index in [9.17, 15) is 9.18 Å². The summed E-state index contributed by atoms with van der Waals surface area (Å²) < 4.78 is 15.5. The number of aromatic nitrogens is 4. The molecule has 1 N–H and O–H groups in total. The van der Waals surface area contributed by atoms with Crippen molar-refractivity contribution in [3.05, 3.63) is 97.5 Å². The van der Waals surface area contributed by atoms with Crippen molar-refractivity contribution in [2.75, 3.05) is 0 Å². The first-order chi connectivity index (χ1) is 15.8. The molecule has 0 aliphatic rings. The number of imidazole rings is 1. The highest BCUT2D eigenvalue weighted by atomic mass is 35.5. The maximum Gasteiger partial charge on any atom is 0.277 e. The van der Waals surface area contributed by atoms with Crippen LogP contribution in [0.5, 0.6) is 0 Å². The summed E-state index contributed by atoms with van der Waals surface area (Å²) in [6.45, 7) is 1.76. The largest absolute Gasteiger partial charge is 0.305 e. The van der Waals surface area contributed by atoms with Gasteiger partial charge in [0.25, 0.3) is 5.56 Å². The zero-order valence-electron chi connectivity index (χ0n) is 17.0. The van der Waals surface area contributed by atoms with Gasteiger partial charge in [0, 0.05) is 21.2 Å². The van der Waals surface area contributed by atoms with E-state index in [0.29, 0.717) is 43.3 Å². The number of H-pyrrole nitrogens is 1. The molecule has 0 radical (unpaired) electrons. The lowest BCUT2D eigenvalue weighted by atomic mass is 10.1. The average molecular weight is 500 g/mol. The molecular formula is C24H14Cl3FN4O. The van der Waals surface area contributed by atoms with Crippen molar-refractivity contribution in [3.63, 3.8) is 0 Å². The number of benzene rings is 3. The Hall–Kier alpha value is -3.19. The van der Waals surface area contributed by atoms with Crippen molar-refractivity contribution in [3.8, 4) is 28.5 Å². The third-order valence-corrected chi connectivity index (χ3v) is 6.01. The molecule has 5 rings (SSSR count). The Bertz CT molecular complexity index is 1590. The third-order valence-electron chi connectivity index (χ3n) is 5.21. The minimum atomic E-state index is -0.419. The lowest BCUT2D eigenvalue weighted by molar-refractivity contribution is 0.626. The highest BCUT2D eigenvalue weighted by Gasteiger charge is 2.21. The lowest BCUT2D eigenvalue weighted by Gasteiger charge is -2.12. The van der Waals surface area contributed by atoms with Gasteiger partial charge in [-0.2, -0.15) is 0 Å². The first-order valence-electron chi connectivity index (χ1n) is 9.82. The Morgan fingerprint density at radius 3 is 2.33 bits per heavy atom. The average Bonchev–Trinajstić information content (AvgIpc) is 3.14. The summed E-state index contributed by atoms with van der Waals surface area (Å²) in [6, 6.07) is 16.3. The van der Waals surface area contributed by atoms with Crippen LogP contribution in [0.2, 0.25) is 15.1 Å². The van der Waals surface area contributed by atoms with E-state index < -0.39 is 5.56 Å². The molecule has 0 unspecified atom stereocenters. The summed E-state index contributed by atoms with van der Waals surface area (Å²) in [6.07, 6.45) is 0. The molecule has 0 spiro atoms. The third kappa shape index (κ3) is 3.91. The first kappa shape index (κ1) is 21.6. The number of nitrogens with one attached hydrogen (secondary N) is 1. The second-order valence-corrected chi connectivity index (χ2v) is 8.70. The van der Waals surface area contributed by atoms with E-state index in [1.807, 2.05) is 0 Å². The van der Waals surface area contributed by atoms with Gasteiger partial charge in [0.1, 0.15) is 17.5 Å². The second-order valence-electron chi connectivity index (χ2n) is 7.42. The van der Waals surface area contributed by atoms with Crippen molar-refractivity contribution in [2.45, 2.75) is 6.92 Å². The fraction of sp³-hybridized carbons (Fsp3) is 0.0417. The number of rotatable bonds is 3. The molecule has 0 aliphatic heterocycles. The van der Waals surface area contributed by atoms with Gasteiger partial charge in [-0.3, -0.25) is 9.36 Å². The molecule has 5 aromatic rings. The Morgan fingerprint density at radius 2 is 1.64 bits per heavy atom. The summed E-state index contributed by atoms with van der Waals surface area (Å²) >= 11 is 18.4. The summed E-state index contributed by atoms with van der Waals surface area (Å²) in [5, 5.41) is 1.38. The van der Waals surface area contributed by atoms with E-state index in [-0.39, 0.29) is 22.8 Å². The van der Waals surface area contributed by atoms with Gasteiger partial charge in [0.2, 0.25) is 0 Å². The highest BCUT2D eigenvalue weighted by molar-refractivity contribution is 6.36. The topological polar surface area (TPSA) is 63.6 Å². The van der Waals surface area contributed by atoms with Gasteiger partial charge in [-0.1, -0.05) is 34.8 Å². The smallest absolute Gasteiger partial charge is 0.277 e. The number of fused-ring (bicyclic) bond motifs is 1. The lowest BCUT2D eigenvalue weighted by Crippen LogP contribution is -2.14. The zero-order valence-corrected chi connectivity index (χ0v) is 19.3. The quantitative estimate of drug-likeness (QED) is 0.295. The van der Waals surface area contributed by atoms with Crippen LogP contribution in [0.25, 0.3) is 39.6 Å². The zero-order chi connectivity index (χ0) is 23.3. The van der Waals surface area contributed by atoms with E-state index in [0.717, 1.165) is 0 Å². The van der Waals surface area contributed by atoms with Crippen LogP contribution < -0.4 is 5.56 Å². The van der Waals surface area contributed by atoms with E-state index in [1.165, 1.54) is 12.1 Å². The van der Waals surface area contributed by atoms with E-state index >= 15 is 0 Å². The molecule has 9 heteroatoms. The molecule has 3 aromatic carbocycles. The number of aryl methyl sites for hydroxylation is 1. The van der Waals surface area contributed by atoms with Gasteiger partial charge in [0.15, 0.2) is 11.2 Å². The molecule has 33 heavy (non-hydrogen) atoms. The Balaban J connectivity index is 1.83. The molecule has 2 heterocycles. The molecule has 164 valence electrons. The van der Waals surface area contributed by atoms with Crippen LogP contribution >= 0.6 is 34.8 Å². The first-order valence-corrected chi connectivity index (χ1v) is 11.0. The molecule has 2 aromatic heterocycles. The number of aromatic amines is 1. The van der Waals surface area contributed by atoms with Crippen LogP contribution in [0.1, 0.15) is 5.56 Å². The number of hydrogen-bond acceptors (Lipinski definition) is 3. The monoisotopic (exact) mass is 498 g/mol. The van der Waals surface area contributed by atoms with Crippen molar-refractivity contribution >= 4 is 46.0 Å². The number of halogens is 4. The van der Waals surface area contributed by atoms with Crippen LogP contribution in [0, 0.1) is 12.7 Å². The summed E-state index contributed by atoms with van der Waals surface area (Å²) in [7, 11) is 0. The van der Waals surface area contributed by atoms with Crippen LogP contribution in [0.15, 0.2) is 65.5 Å². The SMILES string of the molecule is Cc1cc(F)ccc1-n1c(-c2ccc(Cl)cc2)nc2nc(-c3ccc(Cl)cc3Cl)[nH]c(=O)c21. The minimum absolute atomic E-state index is 0.216. The normalized spacial score (nSPS) is 11.3. The van der Waals surface area contributed by atoms with Gasteiger partial charge >= 0.3 is 0 Å². The standard InChI is InChI=1S/C24H14Cl3FN4O/c1-12-10-16(28)7-9-19(12)32-20-22(30-23(32)13-2-4-14(25)5-3-13)29-21(31-24(20)33)17-8-6-15(26)11-18(17)27/h2-11H,1H3,(H,29,31,33). The maximum atomic E-state index is 13.8. The summed E-state index contributed by atoms with van der Waals surface area (Å²) in [5.41, 5.74) is 2.49. The second kappa shape index (κ2) is 8.30. The maximum absolute atomic E-state index is 13.8. The Kier molecular flexibility index (Phi) is 5.44. The number of hydrogen-bond donors (Lipinski definition) is 1. The molecule has 0 atom stereocenters. The molecular weight excluding hydrogens is 486 g/mol. The summed E-state index contributed by atoms with van der Waals surface area (Å²) in [5.74, 6) is 0.353. The fourth-order valence-corrected chi connectivity index (χ4v) is 4.32. The minimum Gasteiger partial charge on any atom is -0.305 e. The Labute approximate surface area is 202 Å². The molecule has 0 aliphatic carbocycles. The van der Waals surface area contributed by atoms with Crippen LogP contribution in [0.3, 0.4) is 0 Å². The fourth-order valence-electron chi connectivity index (χ4n) is 3.70. The molecule has 0 saturated heterocycles. The van der Waals surface area contributed by atoms with Crippen molar-refractivity contribution in [1.82, 2.24) is 19.5 Å². The van der Waals surface area contributed by atoms with Crippen molar-refractivity contribution in [2.24, 2.45) is 0 Å². The Morgan fingerprint density at radius 1 is 0.909 bits per heavy atom. The predicted octanol–water partition coefficient (Wildman–Crippen LogP) is 6.85. The highest BCUT2D eigenvalue weighted by Crippen LogP contribution is 2.31. The van der Waals surface area contributed by atoms with Gasteiger partial charge in [0.05, 0.1) is 10.7 Å². The molecule has 0 bridgehead atoms. The van der Waals surface area contributed by atoms with Gasteiger partial charge in [-0.15, -0.1) is 0 Å². The van der Waals surface area contributed by atoms with E-state index in [1.54, 1.807) is 60.0 Å². The number of nitrogens with zero attached hydrogens (tertiary/aromatic N) is 3. The molecule has 0 saturated carbocycles. The van der Waals surface area contributed by atoms with Crippen LogP contribution in [-0.2, 0) is 0 Å². The molecule has 0 fully saturated rings. The van der Waals surface area contributed by atoms with Crippen LogP contribution in [0.4, 0.5) is 4.39 Å². The molecule has 0 amide bonds. The van der Waals surface area contributed by atoms with Crippen molar-refractivity contribution < 1.29 is 4.39 Å². The van der Waals surface area contributed by atoms with E-state index in [4.69, 9.17) is 34.8 Å². The van der Waals surface area contributed by atoms with Gasteiger partial charge < -0.3 is 4.98 Å².